The molecule has 0 aromatic carbocycles. The fourth-order valence-electron chi connectivity index (χ4n) is 1.29. The summed E-state index contributed by atoms with van der Waals surface area (Å²) < 4.78 is 0. The lowest BCUT2D eigenvalue weighted by Gasteiger charge is -2.06. The van der Waals surface area contributed by atoms with Crippen LogP contribution in [0.2, 0.25) is 0 Å². The van der Waals surface area contributed by atoms with Crippen LogP contribution in [0, 0.1) is 17.0 Å². The number of hydrogen-bond donors (Lipinski definition) is 1. The average molecular weight is 209 g/mol. The first kappa shape index (κ1) is 11.4. The van der Waals surface area contributed by atoms with Crippen LogP contribution in [0.3, 0.4) is 0 Å². The molecule has 1 rings (SSSR count). The Hall–Kier alpha value is -1.65. The summed E-state index contributed by atoms with van der Waals surface area (Å²) in [6.45, 7) is 4.50. The van der Waals surface area contributed by atoms with Gasteiger partial charge in [-0.05, 0) is 19.4 Å². The molecule has 0 bridgehead atoms. The Kier molecular flexibility index (Phi) is 4.03. The third kappa shape index (κ3) is 2.90. The van der Waals surface area contributed by atoms with Gasteiger partial charge in [-0.3, -0.25) is 10.1 Å². The van der Waals surface area contributed by atoms with E-state index in [0.29, 0.717) is 17.9 Å². The molecule has 0 radical (unpaired) electrons. The Morgan fingerprint density at radius 1 is 1.60 bits per heavy atom. The minimum absolute atomic E-state index is 0.0774. The van der Waals surface area contributed by atoms with Gasteiger partial charge in [-0.15, -0.1) is 0 Å². The summed E-state index contributed by atoms with van der Waals surface area (Å²) in [5.74, 6) is 0.369. The number of nitrogens with zero attached hydrogens (tertiary/aromatic N) is 2. The minimum Gasteiger partial charge on any atom is -0.364 e. The molecule has 0 saturated heterocycles. The van der Waals surface area contributed by atoms with Crippen molar-refractivity contribution in [3.63, 3.8) is 0 Å². The summed E-state index contributed by atoms with van der Waals surface area (Å²) >= 11 is 0. The number of unbranched alkanes of at least 4 members (excludes halogenated alkanes) is 1. The fourth-order valence-corrected chi connectivity index (χ4v) is 1.29. The smallest absolute Gasteiger partial charge is 0.314 e. The van der Waals surface area contributed by atoms with Crippen molar-refractivity contribution in [3.8, 4) is 0 Å². The van der Waals surface area contributed by atoms with E-state index in [-0.39, 0.29) is 5.69 Å². The SMILES string of the molecule is CCCCNc1nccc(C)c1[N+](=O)[O-]. The molecule has 0 aliphatic heterocycles. The van der Waals surface area contributed by atoms with Crippen LogP contribution in [0.1, 0.15) is 25.3 Å². The number of pyridine rings is 1. The molecule has 0 atom stereocenters. The van der Waals surface area contributed by atoms with E-state index in [1.165, 1.54) is 0 Å². The van der Waals surface area contributed by atoms with Crippen LogP contribution in [0.5, 0.6) is 0 Å². The normalized spacial score (nSPS) is 10.0. The largest absolute Gasteiger partial charge is 0.364 e. The Balaban J connectivity index is 2.86. The first-order valence-corrected chi connectivity index (χ1v) is 5.00. The van der Waals surface area contributed by atoms with Gasteiger partial charge >= 0.3 is 5.69 Å². The van der Waals surface area contributed by atoms with Crippen molar-refractivity contribution in [1.82, 2.24) is 4.98 Å². The zero-order valence-electron chi connectivity index (χ0n) is 8.99. The van der Waals surface area contributed by atoms with Gasteiger partial charge in [0.25, 0.3) is 0 Å². The first-order chi connectivity index (χ1) is 7.16. The molecule has 5 heteroatoms. The molecule has 82 valence electrons. The lowest BCUT2D eigenvalue weighted by atomic mass is 10.2. The maximum atomic E-state index is 10.8. The highest BCUT2D eigenvalue weighted by atomic mass is 16.6. The van der Waals surface area contributed by atoms with Gasteiger partial charge in [-0.1, -0.05) is 13.3 Å². The van der Waals surface area contributed by atoms with Crippen LogP contribution in [0.15, 0.2) is 12.3 Å². The van der Waals surface area contributed by atoms with E-state index < -0.39 is 4.92 Å². The Morgan fingerprint density at radius 3 is 2.93 bits per heavy atom. The van der Waals surface area contributed by atoms with Crippen LogP contribution in [-0.4, -0.2) is 16.5 Å². The number of nitrogens with one attached hydrogen (secondary N) is 1. The van der Waals surface area contributed by atoms with Gasteiger partial charge in [-0.2, -0.15) is 0 Å². The van der Waals surface area contributed by atoms with Crippen molar-refractivity contribution in [2.45, 2.75) is 26.7 Å². The molecule has 1 heterocycles. The topological polar surface area (TPSA) is 68.1 Å². The Labute approximate surface area is 88.7 Å². The van der Waals surface area contributed by atoms with E-state index in [0.717, 1.165) is 12.8 Å². The molecule has 0 amide bonds. The minimum atomic E-state index is -0.392. The third-order valence-electron chi connectivity index (χ3n) is 2.13. The summed E-state index contributed by atoms with van der Waals surface area (Å²) in [5.41, 5.74) is 0.711. The molecule has 0 aliphatic rings. The second-order valence-corrected chi connectivity index (χ2v) is 3.36. The second-order valence-electron chi connectivity index (χ2n) is 3.36. The number of nitro groups is 1. The van der Waals surface area contributed by atoms with Gasteiger partial charge in [0.1, 0.15) is 0 Å². The van der Waals surface area contributed by atoms with E-state index in [1.54, 1.807) is 19.2 Å². The zero-order valence-corrected chi connectivity index (χ0v) is 8.99. The van der Waals surface area contributed by atoms with Crippen molar-refractivity contribution >= 4 is 11.5 Å². The summed E-state index contributed by atoms with van der Waals surface area (Å²) in [4.78, 5) is 14.4. The summed E-state index contributed by atoms with van der Waals surface area (Å²) in [7, 11) is 0. The maximum Gasteiger partial charge on any atom is 0.314 e. The van der Waals surface area contributed by atoms with Crippen molar-refractivity contribution < 1.29 is 4.92 Å². The quantitative estimate of drug-likeness (QED) is 0.459. The third-order valence-corrected chi connectivity index (χ3v) is 2.13. The molecular formula is C10H15N3O2. The molecule has 1 N–H and O–H groups in total. The molecule has 1 aromatic heterocycles. The number of rotatable bonds is 5. The van der Waals surface area contributed by atoms with Crippen LogP contribution < -0.4 is 5.32 Å². The number of aryl methyl sites for hydroxylation is 1. The van der Waals surface area contributed by atoms with Crippen molar-refractivity contribution in [3.05, 3.63) is 27.9 Å². The molecule has 15 heavy (non-hydrogen) atoms. The van der Waals surface area contributed by atoms with Crippen LogP contribution in [-0.2, 0) is 0 Å². The van der Waals surface area contributed by atoms with Gasteiger partial charge in [0.15, 0.2) is 0 Å². The molecule has 0 saturated carbocycles. The van der Waals surface area contributed by atoms with Gasteiger partial charge < -0.3 is 5.32 Å². The average Bonchev–Trinajstić information content (AvgIpc) is 2.17. The van der Waals surface area contributed by atoms with Crippen molar-refractivity contribution in [2.75, 3.05) is 11.9 Å². The number of hydrogen-bond acceptors (Lipinski definition) is 4. The highest BCUT2D eigenvalue weighted by Crippen LogP contribution is 2.25. The lowest BCUT2D eigenvalue weighted by Crippen LogP contribution is -2.06. The van der Waals surface area contributed by atoms with Gasteiger partial charge in [0.2, 0.25) is 5.82 Å². The van der Waals surface area contributed by atoms with Gasteiger partial charge in [0, 0.05) is 18.3 Å². The van der Waals surface area contributed by atoms with E-state index >= 15 is 0 Å². The molecule has 0 spiro atoms. The standard InChI is InChI=1S/C10H15N3O2/c1-3-4-6-11-10-9(13(14)15)8(2)5-7-12-10/h5,7H,3-4,6H2,1-2H3,(H,11,12). The number of anilines is 1. The monoisotopic (exact) mass is 209 g/mol. The van der Waals surface area contributed by atoms with E-state index in [9.17, 15) is 10.1 Å². The van der Waals surface area contributed by atoms with Crippen LogP contribution in [0.25, 0.3) is 0 Å². The predicted molar refractivity (Wildman–Crippen MR) is 59.0 cm³/mol. The first-order valence-electron chi connectivity index (χ1n) is 5.00. The van der Waals surface area contributed by atoms with Gasteiger partial charge in [-0.25, -0.2) is 4.98 Å². The highest BCUT2D eigenvalue weighted by molar-refractivity contribution is 5.59. The summed E-state index contributed by atoms with van der Waals surface area (Å²) in [6.07, 6.45) is 3.61. The van der Waals surface area contributed by atoms with E-state index in [2.05, 4.69) is 17.2 Å². The van der Waals surface area contributed by atoms with E-state index in [4.69, 9.17) is 0 Å². The maximum absolute atomic E-state index is 10.8. The van der Waals surface area contributed by atoms with Gasteiger partial charge in [0.05, 0.1) is 4.92 Å². The molecule has 5 nitrogen and oxygen atoms in total. The van der Waals surface area contributed by atoms with E-state index in [1.807, 2.05) is 0 Å². The summed E-state index contributed by atoms with van der Waals surface area (Å²) in [5, 5.41) is 13.8. The Morgan fingerprint density at radius 2 is 2.33 bits per heavy atom. The van der Waals surface area contributed by atoms with Crippen LogP contribution in [0.4, 0.5) is 11.5 Å². The summed E-state index contributed by atoms with van der Waals surface area (Å²) in [6, 6.07) is 1.64. The number of aromatic nitrogens is 1. The van der Waals surface area contributed by atoms with Crippen molar-refractivity contribution in [2.24, 2.45) is 0 Å². The molecule has 0 fully saturated rings. The fraction of sp³-hybridized carbons (Fsp3) is 0.500. The lowest BCUT2D eigenvalue weighted by molar-refractivity contribution is -0.384. The Bertz CT molecular complexity index is 353. The molecule has 0 unspecified atom stereocenters. The highest BCUT2D eigenvalue weighted by Gasteiger charge is 2.17. The molecular weight excluding hydrogens is 194 g/mol. The van der Waals surface area contributed by atoms with Crippen LogP contribution >= 0.6 is 0 Å². The second kappa shape index (κ2) is 5.29. The predicted octanol–water partition coefficient (Wildman–Crippen LogP) is 2.51. The molecule has 0 aliphatic carbocycles. The zero-order chi connectivity index (χ0) is 11.3. The molecule has 1 aromatic rings. The van der Waals surface area contributed by atoms with Crippen molar-refractivity contribution in [1.29, 1.82) is 0 Å².